The zero-order valence-corrected chi connectivity index (χ0v) is 13.1. The molecule has 0 aliphatic heterocycles. The Balaban J connectivity index is 1.71. The first-order valence-electron chi connectivity index (χ1n) is 8.46. The molecule has 0 radical (unpaired) electrons. The SMILES string of the molecule is Cc1ccc(OCC2CCCCCCC2)c2ccccc12. The van der Waals surface area contributed by atoms with Crippen LogP contribution >= 0.6 is 0 Å². The summed E-state index contributed by atoms with van der Waals surface area (Å²) in [6, 6.07) is 12.9. The molecule has 0 bridgehead atoms. The maximum absolute atomic E-state index is 6.21. The van der Waals surface area contributed by atoms with Gasteiger partial charge in [0.15, 0.2) is 0 Å². The molecule has 21 heavy (non-hydrogen) atoms. The molecule has 1 nitrogen and oxygen atoms in total. The second kappa shape index (κ2) is 6.98. The zero-order valence-electron chi connectivity index (χ0n) is 13.1. The van der Waals surface area contributed by atoms with Crippen molar-refractivity contribution in [2.45, 2.75) is 51.9 Å². The fraction of sp³-hybridized carbons (Fsp3) is 0.500. The van der Waals surface area contributed by atoms with Gasteiger partial charge < -0.3 is 4.74 Å². The lowest BCUT2D eigenvalue weighted by Gasteiger charge is -2.20. The van der Waals surface area contributed by atoms with E-state index in [9.17, 15) is 0 Å². The van der Waals surface area contributed by atoms with E-state index in [0.29, 0.717) is 0 Å². The maximum atomic E-state index is 6.21. The van der Waals surface area contributed by atoms with Crippen LogP contribution in [0.25, 0.3) is 10.8 Å². The minimum absolute atomic E-state index is 0.741. The molecule has 2 aromatic rings. The van der Waals surface area contributed by atoms with Crippen molar-refractivity contribution in [1.82, 2.24) is 0 Å². The third-order valence-electron chi connectivity index (χ3n) is 4.80. The summed E-state index contributed by atoms with van der Waals surface area (Å²) >= 11 is 0. The average Bonchev–Trinajstić information content (AvgIpc) is 2.48. The van der Waals surface area contributed by atoms with Gasteiger partial charge in [-0.25, -0.2) is 0 Å². The van der Waals surface area contributed by atoms with E-state index in [1.807, 2.05) is 0 Å². The van der Waals surface area contributed by atoms with E-state index in [1.165, 1.54) is 61.3 Å². The highest BCUT2D eigenvalue weighted by atomic mass is 16.5. The van der Waals surface area contributed by atoms with Gasteiger partial charge in [-0.3, -0.25) is 0 Å². The third-order valence-corrected chi connectivity index (χ3v) is 4.80. The lowest BCUT2D eigenvalue weighted by Crippen LogP contribution is -2.13. The Morgan fingerprint density at radius 2 is 1.52 bits per heavy atom. The lowest BCUT2D eigenvalue weighted by molar-refractivity contribution is 0.220. The summed E-state index contributed by atoms with van der Waals surface area (Å²) in [4.78, 5) is 0. The Labute approximate surface area is 128 Å². The Morgan fingerprint density at radius 3 is 2.29 bits per heavy atom. The molecule has 1 aliphatic rings. The second-order valence-corrected chi connectivity index (χ2v) is 6.45. The van der Waals surface area contributed by atoms with E-state index in [0.717, 1.165) is 18.3 Å². The van der Waals surface area contributed by atoms with Gasteiger partial charge in [0, 0.05) is 5.39 Å². The first kappa shape index (κ1) is 14.4. The highest BCUT2D eigenvalue weighted by Crippen LogP contribution is 2.29. The Bertz CT molecular complexity index is 579. The number of hydrogen-bond donors (Lipinski definition) is 0. The van der Waals surface area contributed by atoms with E-state index >= 15 is 0 Å². The molecule has 0 saturated heterocycles. The van der Waals surface area contributed by atoms with Gasteiger partial charge in [-0.1, -0.05) is 62.4 Å². The van der Waals surface area contributed by atoms with E-state index in [1.54, 1.807) is 0 Å². The first-order valence-corrected chi connectivity index (χ1v) is 8.46. The Kier molecular flexibility index (Phi) is 4.80. The van der Waals surface area contributed by atoms with Crippen LogP contribution in [0.15, 0.2) is 36.4 Å². The summed E-state index contributed by atoms with van der Waals surface area (Å²) < 4.78 is 6.21. The van der Waals surface area contributed by atoms with E-state index < -0.39 is 0 Å². The summed E-state index contributed by atoms with van der Waals surface area (Å²) in [5, 5.41) is 2.57. The molecule has 0 unspecified atom stereocenters. The molecule has 0 N–H and O–H groups in total. The quantitative estimate of drug-likeness (QED) is 0.682. The summed E-state index contributed by atoms with van der Waals surface area (Å²) in [5.74, 6) is 1.80. The number of ether oxygens (including phenoxy) is 1. The van der Waals surface area contributed by atoms with Gasteiger partial charge in [0.05, 0.1) is 6.61 Å². The van der Waals surface area contributed by atoms with Crippen molar-refractivity contribution in [3.05, 3.63) is 42.0 Å². The second-order valence-electron chi connectivity index (χ2n) is 6.45. The van der Waals surface area contributed by atoms with Gasteiger partial charge in [0.2, 0.25) is 0 Å². The maximum Gasteiger partial charge on any atom is 0.127 e. The molecule has 1 saturated carbocycles. The molecule has 112 valence electrons. The van der Waals surface area contributed by atoms with Crippen molar-refractivity contribution in [3.63, 3.8) is 0 Å². The van der Waals surface area contributed by atoms with Gasteiger partial charge in [0.1, 0.15) is 5.75 Å². The Hall–Kier alpha value is -1.50. The summed E-state index contributed by atoms with van der Waals surface area (Å²) in [7, 11) is 0. The molecule has 2 aromatic carbocycles. The van der Waals surface area contributed by atoms with Gasteiger partial charge in [-0.2, -0.15) is 0 Å². The summed E-state index contributed by atoms with van der Waals surface area (Å²) in [5.41, 5.74) is 1.32. The predicted molar refractivity (Wildman–Crippen MR) is 90.0 cm³/mol. The van der Waals surface area contributed by atoms with Crippen molar-refractivity contribution < 1.29 is 4.74 Å². The molecule has 0 spiro atoms. The average molecular weight is 282 g/mol. The highest BCUT2D eigenvalue weighted by Gasteiger charge is 2.13. The molecule has 0 heterocycles. The van der Waals surface area contributed by atoms with Crippen LogP contribution in [0.4, 0.5) is 0 Å². The summed E-state index contributed by atoms with van der Waals surface area (Å²) in [6.45, 7) is 3.05. The topological polar surface area (TPSA) is 9.23 Å². The zero-order chi connectivity index (χ0) is 14.5. The smallest absolute Gasteiger partial charge is 0.127 e. The van der Waals surface area contributed by atoms with Gasteiger partial charge >= 0.3 is 0 Å². The van der Waals surface area contributed by atoms with Crippen LogP contribution in [0.5, 0.6) is 5.75 Å². The van der Waals surface area contributed by atoms with Crippen LogP contribution in [-0.2, 0) is 0 Å². The predicted octanol–water partition coefficient (Wildman–Crippen LogP) is 5.89. The molecule has 1 heteroatoms. The van der Waals surface area contributed by atoms with Gasteiger partial charge in [-0.05, 0) is 42.7 Å². The number of benzene rings is 2. The summed E-state index contributed by atoms with van der Waals surface area (Å²) in [6.07, 6.45) is 9.67. The number of rotatable bonds is 3. The molecule has 1 aliphatic carbocycles. The highest BCUT2D eigenvalue weighted by molar-refractivity contribution is 5.90. The van der Waals surface area contributed by atoms with Crippen LogP contribution in [0.2, 0.25) is 0 Å². The molecular formula is C20H26O. The van der Waals surface area contributed by atoms with Crippen LogP contribution in [0.3, 0.4) is 0 Å². The third kappa shape index (κ3) is 3.58. The van der Waals surface area contributed by atoms with Crippen molar-refractivity contribution >= 4 is 10.8 Å². The first-order chi connectivity index (χ1) is 10.3. The van der Waals surface area contributed by atoms with Crippen molar-refractivity contribution in [3.8, 4) is 5.75 Å². The van der Waals surface area contributed by atoms with Gasteiger partial charge in [0.25, 0.3) is 0 Å². The normalized spacial score (nSPS) is 17.4. The molecular weight excluding hydrogens is 256 g/mol. The lowest BCUT2D eigenvalue weighted by atomic mass is 9.92. The number of fused-ring (bicyclic) bond motifs is 1. The fourth-order valence-corrected chi connectivity index (χ4v) is 3.46. The number of aryl methyl sites for hydroxylation is 1. The fourth-order valence-electron chi connectivity index (χ4n) is 3.46. The molecule has 0 aromatic heterocycles. The standard InChI is InChI=1S/C20H26O/c1-16-13-14-20(19-12-8-7-11-18(16)19)21-15-17-9-5-3-2-4-6-10-17/h7-8,11-14,17H,2-6,9-10,15H2,1H3. The monoisotopic (exact) mass is 282 g/mol. The minimum atomic E-state index is 0.741. The molecule has 1 fully saturated rings. The van der Waals surface area contributed by atoms with Crippen molar-refractivity contribution in [2.75, 3.05) is 6.61 Å². The Morgan fingerprint density at radius 1 is 0.857 bits per heavy atom. The number of hydrogen-bond acceptors (Lipinski definition) is 1. The largest absolute Gasteiger partial charge is 0.493 e. The van der Waals surface area contributed by atoms with Crippen molar-refractivity contribution in [1.29, 1.82) is 0 Å². The van der Waals surface area contributed by atoms with Crippen molar-refractivity contribution in [2.24, 2.45) is 5.92 Å². The van der Waals surface area contributed by atoms with E-state index in [-0.39, 0.29) is 0 Å². The van der Waals surface area contributed by atoms with E-state index in [2.05, 4.69) is 43.3 Å². The van der Waals surface area contributed by atoms with Crippen LogP contribution in [-0.4, -0.2) is 6.61 Å². The molecule has 3 rings (SSSR count). The van der Waals surface area contributed by atoms with Crippen LogP contribution < -0.4 is 4.74 Å². The molecule has 0 atom stereocenters. The molecule has 0 amide bonds. The van der Waals surface area contributed by atoms with Gasteiger partial charge in [-0.15, -0.1) is 0 Å². The van der Waals surface area contributed by atoms with Crippen LogP contribution in [0, 0.1) is 12.8 Å². The van der Waals surface area contributed by atoms with E-state index in [4.69, 9.17) is 4.74 Å². The van der Waals surface area contributed by atoms with Crippen LogP contribution in [0.1, 0.15) is 50.5 Å². The minimum Gasteiger partial charge on any atom is -0.493 e.